The van der Waals surface area contributed by atoms with E-state index < -0.39 is 5.92 Å². The fourth-order valence-electron chi connectivity index (χ4n) is 3.29. The number of aromatic amines is 1. The smallest absolute Gasteiger partial charge is 0.310 e. The molecule has 158 valence electrons. The number of amides is 1. The number of aromatic nitrogens is 2. The number of hydrogen-bond acceptors (Lipinski definition) is 6. The van der Waals surface area contributed by atoms with Gasteiger partial charge in [0.1, 0.15) is 5.75 Å². The van der Waals surface area contributed by atoms with Crippen molar-refractivity contribution in [3.8, 4) is 5.75 Å². The van der Waals surface area contributed by atoms with E-state index in [1.807, 2.05) is 31.2 Å². The molecule has 29 heavy (non-hydrogen) atoms. The van der Waals surface area contributed by atoms with E-state index >= 15 is 0 Å². The minimum atomic E-state index is -0.486. The van der Waals surface area contributed by atoms with Gasteiger partial charge in [-0.25, -0.2) is 0 Å². The third-order valence-corrected chi connectivity index (χ3v) is 4.78. The monoisotopic (exact) mass is 422 g/mol. The average Bonchev–Trinajstić information content (AvgIpc) is 3.16. The maximum absolute atomic E-state index is 12.6. The Labute approximate surface area is 176 Å². The molecule has 1 aliphatic rings. The summed E-state index contributed by atoms with van der Waals surface area (Å²) < 4.78 is 10.4. The molecule has 0 radical (unpaired) electrons. The van der Waals surface area contributed by atoms with Crippen molar-refractivity contribution in [3.05, 3.63) is 46.8 Å². The first-order chi connectivity index (χ1) is 13.6. The first kappa shape index (κ1) is 22.7. The van der Waals surface area contributed by atoms with E-state index in [2.05, 4.69) is 20.8 Å². The van der Waals surface area contributed by atoms with Gasteiger partial charge < -0.3 is 20.1 Å². The highest BCUT2D eigenvalue weighted by atomic mass is 35.5. The molecule has 0 aliphatic carbocycles. The van der Waals surface area contributed by atoms with Gasteiger partial charge in [-0.2, -0.15) is 5.10 Å². The Morgan fingerprint density at radius 1 is 1.28 bits per heavy atom. The first-order valence-corrected chi connectivity index (χ1v) is 9.47. The molecule has 0 spiro atoms. The molecule has 1 aromatic heterocycles. The van der Waals surface area contributed by atoms with Gasteiger partial charge in [-0.15, -0.1) is 12.4 Å². The number of hydrogen-bond donors (Lipinski definition) is 3. The zero-order valence-corrected chi connectivity index (χ0v) is 17.4. The van der Waals surface area contributed by atoms with Crippen LogP contribution < -0.4 is 15.4 Å². The van der Waals surface area contributed by atoms with Gasteiger partial charge in [0, 0.05) is 37.3 Å². The standard InChI is InChI=1S/C20H26N4O4.ClH/c1-3-28-15-6-4-13(5-7-15)10-14(20(26)27-2)11-22-19(25)18-16-12-21-9-8-17(16)23-24-18;/h4-7,14,21H,3,8-12H2,1-2H3,(H,22,25)(H,23,24);1H. The van der Waals surface area contributed by atoms with Crippen LogP contribution in [0.2, 0.25) is 0 Å². The maximum Gasteiger partial charge on any atom is 0.310 e. The van der Waals surface area contributed by atoms with Crippen LogP contribution in [-0.2, 0) is 28.9 Å². The second kappa shape index (κ2) is 10.8. The number of rotatable bonds is 8. The number of halogens is 1. The van der Waals surface area contributed by atoms with Crippen molar-refractivity contribution < 1.29 is 19.1 Å². The van der Waals surface area contributed by atoms with Crippen molar-refractivity contribution in [3.63, 3.8) is 0 Å². The molecular formula is C20H27ClN4O4. The Hall–Kier alpha value is -2.58. The predicted octanol–water partition coefficient (Wildman–Crippen LogP) is 1.64. The Balaban J connectivity index is 0.00000300. The molecule has 1 aliphatic heterocycles. The van der Waals surface area contributed by atoms with Crippen LogP contribution in [0.4, 0.5) is 0 Å². The van der Waals surface area contributed by atoms with E-state index in [1.165, 1.54) is 7.11 Å². The highest BCUT2D eigenvalue weighted by Crippen LogP contribution is 2.17. The van der Waals surface area contributed by atoms with Crippen molar-refractivity contribution in [2.24, 2.45) is 5.92 Å². The van der Waals surface area contributed by atoms with Crippen LogP contribution in [0.5, 0.6) is 5.75 Å². The second-order valence-corrected chi connectivity index (χ2v) is 6.67. The van der Waals surface area contributed by atoms with Gasteiger partial charge in [-0.3, -0.25) is 14.7 Å². The number of fused-ring (bicyclic) bond motifs is 1. The summed E-state index contributed by atoms with van der Waals surface area (Å²) in [6.07, 6.45) is 1.28. The number of ether oxygens (including phenoxy) is 2. The van der Waals surface area contributed by atoms with E-state index in [4.69, 9.17) is 9.47 Å². The number of nitrogens with zero attached hydrogens (tertiary/aromatic N) is 1. The van der Waals surface area contributed by atoms with Crippen LogP contribution in [0, 0.1) is 5.92 Å². The lowest BCUT2D eigenvalue weighted by atomic mass is 9.99. The molecule has 9 heteroatoms. The van der Waals surface area contributed by atoms with Gasteiger partial charge in [-0.1, -0.05) is 12.1 Å². The average molecular weight is 423 g/mol. The minimum absolute atomic E-state index is 0. The van der Waals surface area contributed by atoms with E-state index in [-0.39, 0.29) is 30.8 Å². The van der Waals surface area contributed by atoms with Crippen LogP contribution in [0.3, 0.4) is 0 Å². The van der Waals surface area contributed by atoms with Gasteiger partial charge >= 0.3 is 5.97 Å². The highest BCUT2D eigenvalue weighted by molar-refractivity contribution is 5.94. The summed E-state index contributed by atoms with van der Waals surface area (Å²) in [4.78, 5) is 24.8. The lowest BCUT2D eigenvalue weighted by Gasteiger charge is -2.16. The fraction of sp³-hybridized carbons (Fsp3) is 0.450. The topological polar surface area (TPSA) is 105 Å². The minimum Gasteiger partial charge on any atom is -0.494 e. The molecule has 1 unspecified atom stereocenters. The number of H-pyrrole nitrogens is 1. The molecule has 8 nitrogen and oxygen atoms in total. The molecular weight excluding hydrogens is 396 g/mol. The maximum atomic E-state index is 12.6. The van der Waals surface area contributed by atoms with Gasteiger partial charge in [0.25, 0.3) is 5.91 Å². The van der Waals surface area contributed by atoms with E-state index in [1.54, 1.807) is 0 Å². The molecule has 3 rings (SSSR count). The van der Waals surface area contributed by atoms with Crippen LogP contribution in [0.15, 0.2) is 24.3 Å². The van der Waals surface area contributed by atoms with Crippen molar-refractivity contribution in [2.75, 3.05) is 26.8 Å². The Bertz CT molecular complexity index is 822. The molecule has 2 aromatic rings. The molecule has 1 amide bonds. The second-order valence-electron chi connectivity index (χ2n) is 6.67. The zero-order valence-electron chi connectivity index (χ0n) is 16.6. The van der Waals surface area contributed by atoms with Gasteiger partial charge in [0.2, 0.25) is 0 Å². The molecule has 0 saturated heterocycles. The third-order valence-electron chi connectivity index (χ3n) is 4.78. The van der Waals surface area contributed by atoms with Gasteiger partial charge in [0.05, 0.1) is 19.6 Å². The summed E-state index contributed by atoms with van der Waals surface area (Å²) in [5.41, 5.74) is 3.23. The van der Waals surface area contributed by atoms with Crippen LogP contribution >= 0.6 is 12.4 Å². The summed E-state index contributed by atoms with van der Waals surface area (Å²) in [7, 11) is 1.35. The van der Waals surface area contributed by atoms with Gasteiger partial charge in [-0.05, 0) is 31.0 Å². The number of benzene rings is 1. The summed E-state index contributed by atoms with van der Waals surface area (Å²) in [5, 5.41) is 13.1. The molecule has 0 fully saturated rings. The summed E-state index contributed by atoms with van der Waals surface area (Å²) in [6.45, 7) is 4.18. The van der Waals surface area contributed by atoms with Crippen LogP contribution in [0.1, 0.15) is 34.2 Å². The first-order valence-electron chi connectivity index (χ1n) is 9.47. The molecule has 3 N–H and O–H groups in total. The van der Waals surface area contributed by atoms with Crippen LogP contribution in [0.25, 0.3) is 0 Å². The third kappa shape index (κ3) is 5.71. The predicted molar refractivity (Wildman–Crippen MR) is 110 cm³/mol. The summed E-state index contributed by atoms with van der Waals surface area (Å²) >= 11 is 0. The van der Waals surface area contributed by atoms with Crippen molar-refractivity contribution in [2.45, 2.75) is 26.3 Å². The Kier molecular flexibility index (Phi) is 8.48. The van der Waals surface area contributed by atoms with Crippen molar-refractivity contribution in [1.82, 2.24) is 20.8 Å². The number of carbonyl (C=O) groups excluding carboxylic acids is 2. The number of nitrogens with one attached hydrogen (secondary N) is 3. The molecule has 2 heterocycles. The lowest BCUT2D eigenvalue weighted by molar-refractivity contribution is -0.145. The SMILES string of the molecule is CCOc1ccc(CC(CNC(=O)c2n[nH]c3c2CNCC3)C(=O)OC)cc1.Cl. The highest BCUT2D eigenvalue weighted by Gasteiger charge is 2.24. The quantitative estimate of drug-likeness (QED) is 0.558. The molecule has 1 aromatic carbocycles. The normalized spacial score (nSPS) is 13.6. The Morgan fingerprint density at radius 2 is 2.03 bits per heavy atom. The number of carbonyl (C=O) groups is 2. The molecule has 0 bridgehead atoms. The molecule has 1 atom stereocenters. The van der Waals surface area contributed by atoms with E-state index in [0.717, 1.165) is 35.5 Å². The fourth-order valence-corrected chi connectivity index (χ4v) is 3.29. The van der Waals surface area contributed by atoms with Crippen LogP contribution in [-0.4, -0.2) is 48.9 Å². The van der Waals surface area contributed by atoms with Crippen molar-refractivity contribution in [1.29, 1.82) is 0 Å². The largest absolute Gasteiger partial charge is 0.494 e. The number of methoxy groups -OCH3 is 1. The van der Waals surface area contributed by atoms with Crippen molar-refractivity contribution >= 4 is 24.3 Å². The Morgan fingerprint density at radius 3 is 2.72 bits per heavy atom. The molecule has 0 saturated carbocycles. The van der Waals surface area contributed by atoms with E-state index in [0.29, 0.717) is 25.3 Å². The summed E-state index contributed by atoms with van der Waals surface area (Å²) in [6, 6.07) is 7.57. The van der Waals surface area contributed by atoms with Gasteiger partial charge in [0.15, 0.2) is 5.69 Å². The summed E-state index contributed by atoms with van der Waals surface area (Å²) in [5.74, 6) is -0.354. The van der Waals surface area contributed by atoms with E-state index in [9.17, 15) is 9.59 Å². The zero-order chi connectivity index (χ0) is 19.9. The number of esters is 1. The lowest BCUT2D eigenvalue weighted by Crippen LogP contribution is -2.35.